The molecule has 5 rings (SSSR count). The van der Waals surface area contributed by atoms with E-state index >= 15 is 0 Å². The topological polar surface area (TPSA) is 17.1 Å². The van der Waals surface area contributed by atoms with Crippen LogP contribution in [0.3, 0.4) is 0 Å². The van der Waals surface area contributed by atoms with Gasteiger partial charge >= 0.3 is 0 Å². The lowest BCUT2D eigenvalue weighted by Gasteiger charge is -2.48. The molecule has 0 spiro atoms. The molecular formula is C34H39BOS. The van der Waals surface area contributed by atoms with E-state index in [1.807, 2.05) is 30.3 Å². The number of carbonyl (C=O) groups is 1. The van der Waals surface area contributed by atoms with Crippen LogP contribution in [0.2, 0.25) is 5.82 Å². The second kappa shape index (κ2) is 13.5. The summed E-state index contributed by atoms with van der Waals surface area (Å²) in [6.45, 7) is 4.70. The fraction of sp³-hybridized carbons (Fsp3) is 0.265. The molecule has 3 heteroatoms. The highest BCUT2D eigenvalue weighted by molar-refractivity contribution is 7.97. The third kappa shape index (κ3) is 6.46. The van der Waals surface area contributed by atoms with E-state index in [1.54, 1.807) is 0 Å². The minimum Gasteiger partial charge on any atom is -0.289 e. The van der Waals surface area contributed by atoms with Crippen molar-refractivity contribution in [3.8, 4) is 0 Å². The monoisotopic (exact) mass is 506 g/mol. The molecule has 1 aliphatic rings. The maximum absolute atomic E-state index is 11.8. The van der Waals surface area contributed by atoms with Crippen LogP contribution in [0, 0.1) is 0 Å². The summed E-state index contributed by atoms with van der Waals surface area (Å²) >= 11 is 0. The van der Waals surface area contributed by atoms with E-state index < -0.39 is 6.15 Å². The maximum Gasteiger partial charge on any atom is 0.211 e. The zero-order valence-corrected chi connectivity index (χ0v) is 23.1. The lowest BCUT2D eigenvalue weighted by Crippen LogP contribution is -2.69. The molecule has 190 valence electrons. The fourth-order valence-corrected chi connectivity index (χ4v) is 8.19. The molecule has 37 heavy (non-hydrogen) atoms. The van der Waals surface area contributed by atoms with Gasteiger partial charge in [0.25, 0.3) is 0 Å². The first kappa shape index (κ1) is 27.0. The van der Waals surface area contributed by atoms with Gasteiger partial charge in [0.2, 0.25) is 5.78 Å². The van der Waals surface area contributed by atoms with Gasteiger partial charge in [-0.1, -0.05) is 142 Å². The number of benzene rings is 4. The molecule has 4 aromatic carbocycles. The molecule has 4 aromatic rings. The Bertz CT molecular complexity index is 1110. The number of Topliss-reactive ketones (excluding diaryl/α,β-unsaturated/α-hetero) is 1. The van der Waals surface area contributed by atoms with E-state index in [0.29, 0.717) is 22.5 Å². The van der Waals surface area contributed by atoms with Gasteiger partial charge in [0.05, 0.1) is 6.15 Å². The molecule has 1 atom stereocenters. The van der Waals surface area contributed by atoms with Crippen molar-refractivity contribution in [2.75, 3.05) is 17.3 Å². The molecule has 1 fully saturated rings. The van der Waals surface area contributed by atoms with Gasteiger partial charge in [0.15, 0.2) is 5.75 Å². The standard InChI is InChI=1S/C22H24B.C12H15OS/c1-3-19(2)23(20-13-7-4-8-14-20,21-15-9-5-10-16-21)22-17-11-6-12-18-22;13-12(10-14-8-4-5-9-14)11-6-2-1-3-7-11/h4-19H,3H2,1-2H3;1-3,6-7H,4-5,8-10H2/q-1;+1. The van der Waals surface area contributed by atoms with Crippen LogP contribution >= 0.6 is 0 Å². The van der Waals surface area contributed by atoms with Crippen LogP contribution in [-0.4, -0.2) is 29.2 Å². The SMILES string of the molecule is CCC(C)[B-](c1ccccc1)(c1ccccc1)c1ccccc1.O=C(C[S+]1CCCC1)c1ccccc1. The molecular weight excluding hydrogens is 467 g/mol. The van der Waals surface area contributed by atoms with Crippen molar-refractivity contribution in [3.63, 3.8) is 0 Å². The Morgan fingerprint density at radius 3 is 1.43 bits per heavy atom. The largest absolute Gasteiger partial charge is 0.289 e. The number of hydrogen-bond acceptors (Lipinski definition) is 1. The van der Waals surface area contributed by atoms with Crippen molar-refractivity contribution >= 4 is 39.2 Å². The molecule has 1 aliphatic heterocycles. The summed E-state index contributed by atoms with van der Waals surface area (Å²) in [6.07, 6.45) is 2.83. The molecule has 0 saturated carbocycles. The van der Waals surface area contributed by atoms with E-state index in [-0.39, 0.29) is 0 Å². The average molecular weight is 507 g/mol. The van der Waals surface area contributed by atoms with E-state index in [1.165, 1.54) is 40.7 Å². The Balaban J connectivity index is 0.000000195. The van der Waals surface area contributed by atoms with Crippen LogP contribution in [0.1, 0.15) is 43.5 Å². The molecule has 0 radical (unpaired) electrons. The zero-order valence-electron chi connectivity index (χ0n) is 22.3. The minimum absolute atomic E-state index is 0.329. The van der Waals surface area contributed by atoms with Crippen molar-refractivity contribution < 1.29 is 4.79 Å². The van der Waals surface area contributed by atoms with E-state index in [0.717, 1.165) is 17.7 Å². The second-order valence-electron chi connectivity index (χ2n) is 10.2. The molecule has 0 bridgehead atoms. The van der Waals surface area contributed by atoms with Gasteiger partial charge in [0, 0.05) is 5.56 Å². The van der Waals surface area contributed by atoms with Gasteiger partial charge in [-0.15, -0.1) is 0 Å². The van der Waals surface area contributed by atoms with Gasteiger partial charge in [-0.05, 0) is 23.7 Å². The third-order valence-electron chi connectivity index (χ3n) is 8.02. The third-order valence-corrected chi connectivity index (χ3v) is 10.4. The van der Waals surface area contributed by atoms with E-state index in [4.69, 9.17) is 0 Å². The molecule has 1 heterocycles. The van der Waals surface area contributed by atoms with Gasteiger partial charge in [-0.3, -0.25) is 4.79 Å². The van der Waals surface area contributed by atoms with Gasteiger partial charge in [0.1, 0.15) is 11.5 Å². The van der Waals surface area contributed by atoms with Crippen molar-refractivity contribution in [2.24, 2.45) is 0 Å². The van der Waals surface area contributed by atoms with Crippen LogP contribution in [0.4, 0.5) is 0 Å². The summed E-state index contributed by atoms with van der Waals surface area (Å²) in [5.74, 6) is 4.22. The smallest absolute Gasteiger partial charge is 0.211 e. The van der Waals surface area contributed by atoms with Gasteiger partial charge < -0.3 is 0 Å². The van der Waals surface area contributed by atoms with Crippen LogP contribution < -0.4 is 16.4 Å². The summed E-state index contributed by atoms with van der Waals surface area (Å²) < 4.78 is 0. The second-order valence-corrected chi connectivity index (χ2v) is 12.5. The molecule has 1 nitrogen and oxygen atoms in total. The highest BCUT2D eigenvalue weighted by Gasteiger charge is 2.33. The van der Waals surface area contributed by atoms with Crippen molar-refractivity contribution in [1.82, 2.24) is 0 Å². The fourth-order valence-electron chi connectivity index (χ4n) is 5.94. The first-order valence-electron chi connectivity index (χ1n) is 13.7. The minimum atomic E-state index is -0.974. The van der Waals surface area contributed by atoms with Crippen LogP contribution in [-0.2, 0) is 10.9 Å². The van der Waals surface area contributed by atoms with Crippen LogP contribution in [0.15, 0.2) is 121 Å². The van der Waals surface area contributed by atoms with Crippen molar-refractivity contribution in [1.29, 1.82) is 0 Å². The average Bonchev–Trinajstić information content (AvgIpc) is 3.49. The lowest BCUT2D eigenvalue weighted by molar-refractivity contribution is 0.102. The number of rotatable bonds is 8. The molecule has 1 unspecified atom stereocenters. The molecule has 0 aromatic heterocycles. The Hall–Kier alpha value is -3.04. The highest BCUT2D eigenvalue weighted by atomic mass is 32.2. The Labute approximate surface area is 226 Å². The summed E-state index contributed by atoms with van der Waals surface area (Å²) in [5, 5.41) is 0. The van der Waals surface area contributed by atoms with Gasteiger partial charge in [-0.2, -0.15) is 22.2 Å². The summed E-state index contributed by atoms with van der Waals surface area (Å²) in [6, 6.07) is 42.8. The predicted octanol–water partition coefficient (Wildman–Crippen LogP) is 6.24. The van der Waals surface area contributed by atoms with Crippen molar-refractivity contribution in [3.05, 3.63) is 127 Å². The Morgan fingerprint density at radius 1 is 0.676 bits per heavy atom. The highest BCUT2D eigenvalue weighted by Crippen LogP contribution is 2.25. The molecule has 1 saturated heterocycles. The molecule has 0 aliphatic carbocycles. The van der Waals surface area contributed by atoms with Crippen LogP contribution in [0.5, 0.6) is 0 Å². The Morgan fingerprint density at radius 2 is 1.05 bits per heavy atom. The first-order chi connectivity index (χ1) is 18.2. The predicted molar refractivity (Wildman–Crippen MR) is 166 cm³/mol. The summed E-state index contributed by atoms with van der Waals surface area (Å²) in [7, 11) is 0.393. The van der Waals surface area contributed by atoms with Crippen LogP contribution in [0.25, 0.3) is 0 Å². The van der Waals surface area contributed by atoms with E-state index in [9.17, 15) is 4.79 Å². The first-order valence-corrected chi connectivity index (χ1v) is 15.4. The maximum atomic E-state index is 11.8. The van der Waals surface area contributed by atoms with Gasteiger partial charge in [-0.25, -0.2) is 0 Å². The van der Waals surface area contributed by atoms with E-state index in [2.05, 4.69) is 105 Å². The number of carbonyl (C=O) groups excluding carboxylic acids is 1. The lowest BCUT2D eigenvalue weighted by atomic mass is 9.10. The summed E-state index contributed by atoms with van der Waals surface area (Å²) in [4.78, 5) is 11.8. The quantitative estimate of drug-likeness (QED) is 0.157. The normalized spacial score (nSPS) is 14.4. The Kier molecular flexibility index (Phi) is 9.85. The van der Waals surface area contributed by atoms with Crippen molar-refractivity contribution in [2.45, 2.75) is 38.9 Å². The summed E-state index contributed by atoms with van der Waals surface area (Å²) in [5.41, 5.74) is 5.17. The molecule has 0 amide bonds. The number of ketones is 1. The zero-order chi connectivity index (χ0) is 25.9. The number of hydrogen-bond donors (Lipinski definition) is 0. The molecule has 0 N–H and O–H groups in total.